The zero-order chi connectivity index (χ0) is 15.2. The molecule has 0 aliphatic carbocycles. The van der Waals surface area contributed by atoms with Gasteiger partial charge in [-0.2, -0.15) is 0 Å². The molecule has 1 saturated heterocycles. The first-order valence-corrected chi connectivity index (χ1v) is 7.62. The van der Waals surface area contributed by atoms with Crippen LogP contribution in [0.4, 0.5) is 4.39 Å². The van der Waals surface area contributed by atoms with Crippen LogP contribution >= 0.6 is 24.0 Å². The summed E-state index contributed by atoms with van der Waals surface area (Å²) >= 11 is 5.80. The quantitative estimate of drug-likeness (QED) is 0.856. The minimum absolute atomic E-state index is 0. The average Bonchev–Trinajstić information content (AvgIpc) is 2.49. The van der Waals surface area contributed by atoms with Crippen molar-refractivity contribution in [1.82, 2.24) is 10.2 Å². The topological polar surface area (TPSA) is 58.4 Å². The first kappa shape index (κ1) is 19.2. The van der Waals surface area contributed by atoms with Gasteiger partial charge in [0, 0.05) is 26.2 Å². The van der Waals surface area contributed by atoms with Gasteiger partial charge in [-0.25, -0.2) is 4.39 Å². The second-order valence-corrected chi connectivity index (χ2v) is 5.81. The van der Waals surface area contributed by atoms with Crippen molar-refractivity contribution < 1.29 is 9.18 Å². The summed E-state index contributed by atoms with van der Waals surface area (Å²) in [6.45, 7) is 3.31. The summed E-state index contributed by atoms with van der Waals surface area (Å²) in [5, 5.41) is 2.98. The second-order valence-electron chi connectivity index (χ2n) is 5.40. The Kier molecular flexibility index (Phi) is 8.10. The highest BCUT2D eigenvalue weighted by atomic mass is 35.5. The summed E-state index contributed by atoms with van der Waals surface area (Å²) in [7, 11) is 0. The lowest BCUT2D eigenvalue weighted by Gasteiger charge is -2.32. The molecule has 124 valence electrons. The predicted octanol–water partition coefficient (Wildman–Crippen LogP) is 2.19. The third-order valence-electron chi connectivity index (χ3n) is 3.71. The van der Waals surface area contributed by atoms with E-state index in [0.29, 0.717) is 26.2 Å². The standard InChI is InChI=1S/C15H21ClFN3O.ClH/c16-13-8-11(3-4-14(13)17)9-20-7-1-2-12(10-20)15(21)19-6-5-18;/h3-4,8,12H,1-2,5-7,9-10,18H2,(H,19,21);1H. The van der Waals surface area contributed by atoms with Crippen LogP contribution in [-0.4, -0.2) is 37.0 Å². The van der Waals surface area contributed by atoms with E-state index in [9.17, 15) is 9.18 Å². The van der Waals surface area contributed by atoms with Crippen LogP contribution < -0.4 is 11.1 Å². The zero-order valence-electron chi connectivity index (χ0n) is 12.4. The maximum absolute atomic E-state index is 13.2. The Balaban J connectivity index is 0.00000242. The van der Waals surface area contributed by atoms with Gasteiger partial charge in [-0.15, -0.1) is 12.4 Å². The van der Waals surface area contributed by atoms with E-state index in [4.69, 9.17) is 17.3 Å². The van der Waals surface area contributed by atoms with Crippen LogP contribution in [0.5, 0.6) is 0 Å². The van der Waals surface area contributed by atoms with E-state index in [1.54, 1.807) is 12.1 Å². The lowest BCUT2D eigenvalue weighted by atomic mass is 9.96. The van der Waals surface area contributed by atoms with Crippen molar-refractivity contribution in [3.8, 4) is 0 Å². The fourth-order valence-corrected chi connectivity index (χ4v) is 2.85. The molecular formula is C15H22Cl2FN3O. The number of benzene rings is 1. The Labute approximate surface area is 141 Å². The number of rotatable bonds is 5. The molecule has 2 rings (SSSR count). The first-order chi connectivity index (χ1) is 10.1. The van der Waals surface area contributed by atoms with Gasteiger partial charge in [0.15, 0.2) is 0 Å². The van der Waals surface area contributed by atoms with Crippen molar-refractivity contribution in [2.45, 2.75) is 19.4 Å². The fourth-order valence-electron chi connectivity index (χ4n) is 2.65. The molecule has 1 aromatic carbocycles. The molecule has 22 heavy (non-hydrogen) atoms. The number of carbonyl (C=O) groups excluding carboxylic acids is 1. The number of piperidine rings is 1. The summed E-state index contributed by atoms with van der Waals surface area (Å²) in [5.41, 5.74) is 6.36. The summed E-state index contributed by atoms with van der Waals surface area (Å²) < 4.78 is 13.2. The summed E-state index contributed by atoms with van der Waals surface area (Å²) in [4.78, 5) is 14.2. The highest BCUT2D eigenvalue weighted by Gasteiger charge is 2.25. The minimum Gasteiger partial charge on any atom is -0.355 e. The second kappa shape index (κ2) is 9.30. The van der Waals surface area contributed by atoms with Gasteiger partial charge >= 0.3 is 0 Å². The smallest absolute Gasteiger partial charge is 0.224 e. The van der Waals surface area contributed by atoms with Gasteiger partial charge in [-0.3, -0.25) is 9.69 Å². The van der Waals surface area contributed by atoms with Crippen LogP contribution in [-0.2, 0) is 11.3 Å². The molecule has 0 saturated carbocycles. The number of nitrogens with one attached hydrogen (secondary N) is 1. The Morgan fingerprint density at radius 3 is 2.95 bits per heavy atom. The van der Waals surface area contributed by atoms with E-state index in [1.807, 2.05) is 0 Å². The highest BCUT2D eigenvalue weighted by molar-refractivity contribution is 6.30. The number of nitrogens with zero attached hydrogens (tertiary/aromatic N) is 1. The van der Waals surface area contributed by atoms with Gasteiger partial charge in [0.1, 0.15) is 5.82 Å². The Bertz CT molecular complexity index is 502. The van der Waals surface area contributed by atoms with E-state index in [2.05, 4.69) is 10.2 Å². The van der Waals surface area contributed by atoms with Crippen molar-refractivity contribution in [3.05, 3.63) is 34.6 Å². The van der Waals surface area contributed by atoms with Crippen LogP contribution in [0.15, 0.2) is 18.2 Å². The van der Waals surface area contributed by atoms with Crippen LogP contribution in [0, 0.1) is 11.7 Å². The minimum atomic E-state index is -0.405. The van der Waals surface area contributed by atoms with E-state index < -0.39 is 5.82 Å². The van der Waals surface area contributed by atoms with Crippen LogP contribution in [0.1, 0.15) is 18.4 Å². The predicted molar refractivity (Wildman–Crippen MR) is 88.7 cm³/mol. The first-order valence-electron chi connectivity index (χ1n) is 7.24. The normalized spacial score (nSPS) is 18.6. The molecule has 1 fully saturated rings. The number of hydrogen-bond donors (Lipinski definition) is 2. The van der Waals surface area contributed by atoms with Crippen molar-refractivity contribution in [3.63, 3.8) is 0 Å². The lowest BCUT2D eigenvalue weighted by Crippen LogP contribution is -2.43. The van der Waals surface area contributed by atoms with Crippen molar-refractivity contribution in [2.24, 2.45) is 11.7 Å². The third-order valence-corrected chi connectivity index (χ3v) is 4.00. The van der Waals surface area contributed by atoms with Crippen molar-refractivity contribution in [1.29, 1.82) is 0 Å². The largest absolute Gasteiger partial charge is 0.355 e. The summed E-state index contributed by atoms with van der Waals surface area (Å²) in [6, 6.07) is 4.77. The SMILES string of the molecule is Cl.NCCNC(=O)C1CCCN(Cc2ccc(F)c(Cl)c2)C1. The highest BCUT2D eigenvalue weighted by Crippen LogP contribution is 2.21. The van der Waals surface area contributed by atoms with Crippen LogP contribution in [0.3, 0.4) is 0 Å². The van der Waals surface area contributed by atoms with Gasteiger partial charge in [-0.05, 0) is 37.1 Å². The van der Waals surface area contributed by atoms with E-state index in [0.717, 1.165) is 24.9 Å². The molecular weight excluding hydrogens is 328 g/mol. The number of carbonyl (C=O) groups is 1. The molecule has 1 atom stereocenters. The molecule has 1 amide bonds. The average molecular weight is 350 g/mol. The van der Waals surface area contributed by atoms with Crippen LogP contribution in [0.25, 0.3) is 0 Å². The van der Waals surface area contributed by atoms with Gasteiger partial charge < -0.3 is 11.1 Å². The van der Waals surface area contributed by atoms with E-state index in [-0.39, 0.29) is 29.3 Å². The maximum atomic E-state index is 13.2. The number of amides is 1. The molecule has 0 aromatic heterocycles. The molecule has 4 nitrogen and oxygen atoms in total. The Morgan fingerprint density at radius 1 is 1.50 bits per heavy atom. The molecule has 1 unspecified atom stereocenters. The molecule has 1 aromatic rings. The molecule has 7 heteroatoms. The molecule has 1 aliphatic heterocycles. The summed E-state index contributed by atoms with van der Waals surface area (Å²) in [5.74, 6) is -0.332. The van der Waals surface area contributed by atoms with Crippen molar-refractivity contribution in [2.75, 3.05) is 26.2 Å². The Morgan fingerprint density at radius 2 is 2.27 bits per heavy atom. The fraction of sp³-hybridized carbons (Fsp3) is 0.533. The molecule has 0 radical (unpaired) electrons. The molecule has 1 aliphatic rings. The van der Waals surface area contributed by atoms with Gasteiger partial charge in [0.05, 0.1) is 10.9 Å². The monoisotopic (exact) mass is 349 g/mol. The molecule has 1 heterocycles. The number of hydrogen-bond acceptors (Lipinski definition) is 3. The van der Waals surface area contributed by atoms with Gasteiger partial charge in [0.25, 0.3) is 0 Å². The molecule has 3 N–H and O–H groups in total. The van der Waals surface area contributed by atoms with Gasteiger partial charge in [-0.1, -0.05) is 17.7 Å². The van der Waals surface area contributed by atoms with E-state index in [1.165, 1.54) is 6.07 Å². The van der Waals surface area contributed by atoms with Gasteiger partial charge in [0.2, 0.25) is 5.91 Å². The van der Waals surface area contributed by atoms with Crippen molar-refractivity contribution >= 4 is 29.9 Å². The molecule has 0 spiro atoms. The number of nitrogens with two attached hydrogens (primary N) is 1. The van der Waals surface area contributed by atoms with Crippen LogP contribution in [0.2, 0.25) is 5.02 Å². The zero-order valence-corrected chi connectivity index (χ0v) is 13.9. The Hall–Kier alpha value is -0.880. The third kappa shape index (κ3) is 5.39. The number of likely N-dealkylation sites (tertiary alicyclic amines) is 1. The maximum Gasteiger partial charge on any atom is 0.224 e. The molecule has 0 bridgehead atoms. The number of halogens is 3. The summed E-state index contributed by atoms with van der Waals surface area (Å²) in [6.07, 6.45) is 1.88. The van der Waals surface area contributed by atoms with E-state index >= 15 is 0 Å². The lowest BCUT2D eigenvalue weighted by molar-refractivity contribution is -0.126.